The Kier molecular flexibility index (Phi) is 8.81. The summed E-state index contributed by atoms with van der Waals surface area (Å²) in [6, 6.07) is 26.2. The lowest BCUT2D eigenvalue weighted by atomic mass is 10.0. The summed E-state index contributed by atoms with van der Waals surface area (Å²) < 4.78 is 10.7. The third kappa shape index (κ3) is 6.85. The summed E-state index contributed by atoms with van der Waals surface area (Å²) in [6.45, 7) is 3.71. The van der Waals surface area contributed by atoms with Gasteiger partial charge in [0.15, 0.2) is 5.96 Å². The molecule has 204 valence electrons. The zero-order chi connectivity index (χ0) is 28.6. The number of amides is 2. The first-order chi connectivity index (χ1) is 19.3. The van der Waals surface area contributed by atoms with E-state index in [2.05, 4.69) is 28.1 Å². The second-order valence-corrected chi connectivity index (χ2v) is 9.30. The van der Waals surface area contributed by atoms with Crippen LogP contribution in [0.4, 0.5) is 11.4 Å². The zero-order valence-electron chi connectivity index (χ0n) is 22.9. The number of carbonyl (C=O) groups excluding carboxylic acids is 2. The Balaban J connectivity index is 1.39. The van der Waals surface area contributed by atoms with Gasteiger partial charge < -0.3 is 20.1 Å². The van der Waals surface area contributed by atoms with Crippen LogP contribution in [-0.4, -0.2) is 32.0 Å². The van der Waals surface area contributed by atoms with E-state index < -0.39 is 5.91 Å². The lowest BCUT2D eigenvalue weighted by molar-refractivity contribution is 0.0974. The number of guanidine groups is 1. The van der Waals surface area contributed by atoms with Gasteiger partial charge in [0.25, 0.3) is 11.8 Å². The number of hydrogen-bond acceptors (Lipinski definition) is 5. The lowest BCUT2D eigenvalue weighted by Crippen LogP contribution is -2.35. The molecule has 0 aliphatic carbocycles. The van der Waals surface area contributed by atoms with Crippen LogP contribution in [0.25, 0.3) is 0 Å². The number of aryl methyl sites for hydroxylation is 1. The molecule has 0 atom stereocenters. The molecule has 0 unspecified atom stereocenters. The molecule has 8 heteroatoms. The molecule has 0 aliphatic heterocycles. The third-order valence-corrected chi connectivity index (χ3v) is 6.48. The molecule has 40 heavy (non-hydrogen) atoms. The molecule has 0 bridgehead atoms. The molecule has 8 nitrogen and oxygen atoms in total. The van der Waals surface area contributed by atoms with Crippen molar-refractivity contribution in [3.8, 4) is 11.5 Å². The summed E-state index contributed by atoms with van der Waals surface area (Å²) in [7, 11) is 3.03. The predicted molar refractivity (Wildman–Crippen MR) is 158 cm³/mol. The minimum absolute atomic E-state index is 0.223. The molecule has 0 saturated carbocycles. The van der Waals surface area contributed by atoms with Crippen molar-refractivity contribution in [1.29, 1.82) is 5.41 Å². The number of anilines is 2. The van der Waals surface area contributed by atoms with Crippen LogP contribution in [-0.2, 0) is 6.42 Å². The summed E-state index contributed by atoms with van der Waals surface area (Å²) in [5.74, 6) is 0.0590. The van der Waals surface area contributed by atoms with Gasteiger partial charge in [-0.1, -0.05) is 48.5 Å². The minimum Gasteiger partial charge on any atom is -0.496 e. The highest BCUT2D eigenvalue weighted by atomic mass is 16.5. The normalized spacial score (nSPS) is 10.4. The molecule has 0 radical (unpaired) electrons. The lowest BCUT2D eigenvalue weighted by Gasteiger charge is -2.15. The zero-order valence-corrected chi connectivity index (χ0v) is 22.9. The standard InChI is InChI=1S/C32H32N4O4/c1-20-10-15-26(34-32(33)36-31(38)25-17-28(39-3)21(2)29(18-25)40-4)19-27(20)35-30(37)24-13-11-23(12-14-24)16-22-8-6-5-7-9-22/h5-15,17-19H,16H2,1-4H3,(H,35,37)(H3,33,34,36,38). The average molecular weight is 537 g/mol. The van der Waals surface area contributed by atoms with Gasteiger partial charge in [0.05, 0.1) is 14.2 Å². The quantitative estimate of drug-likeness (QED) is 0.164. The second-order valence-electron chi connectivity index (χ2n) is 9.30. The number of nitrogens with one attached hydrogen (secondary N) is 4. The van der Waals surface area contributed by atoms with Gasteiger partial charge in [0.2, 0.25) is 0 Å². The van der Waals surface area contributed by atoms with E-state index in [1.54, 1.807) is 24.3 Å². The van der Waals surface area contributed by atoms with E-state index in [1.807, 2.05) is 62.4 Å². The Morgan fingerprint density at radius 1 is 0.725 bits per heavy atom. The van der Waals surface area contributed by atoms with Crippen molar-refractivity contribution in [2.75, 3.05) is 24.9 Å². The van der Waals surface area contributed by atoms with E-state index in [9.17, 15) is 9.59 Å². The van der Waals surface area contributed by atoms with Crippen LogP contribution in [0.3, 0.4) is 0 Å². The van der Waals surface area contributed by atoms with Crippen LogP contribution in [0, 0.1) is 19.3 Å². The highest BCUT2D eigenvalue weighted by molar-refractivity contribution is 6.09. The highest BCUT2D eigenvalue weighted by Gasteiger charge is 2.15. The molecular formula is C32H32N4O4. The van der Waals surface area contributed by atoms with Crippen molar-refractivity contribution in [2.24, 2.45) is 0 Å². The van der Waals surface area contributed by atoms with Gasteiger partial charge in [0, 0.05) is 28.1 Å². The summed E-state index contributed by atoms with van der Waals surface area (Å²) in [6.07, 6.45) is 0.795. The van der Waals surface area contributed by atoms with Crippen molar-refractivity contribution in [3.05, 3.63) is 118 Å². The fourth-order valence-electron chi connectivity index (χ4n) is 4.21. The maximum Gasteiger partial charge on any atom is 0.258 e. The minimum atomic E-state index is -0.495. The van der Waals surface area contributed by atoms with Gasteiger partial charge in [0.1, 0.15) is 11.5 Å². The molecule has 4 rings (SSSR count). The Morgan fingerprint density at radius 3 is 1.98 bits per heavy atom. The summed E-state index contributed by atoms with van der Waals surface area (Å²) in [4.78, 5) is 25.7. The Labute approximate surface area is 233 Å². The smallest absolute Gasteiger partial charge is 0.258 e. The van der Waals surface area contributed by atoms with Gasteiger partial charge in [-0.15, -0.1) is 0 Å². The van der Waals surface area contributed by atoms with Crippen LogP contribution in [0.1, 0.15) is 43.0 Å². The molecule has 0 fully saturated rings. The molecule has 0 aromatic heterocycles. The molecular weight excluding hydrogens is 504 g/mol. The number of benzene rings is 4. The Bertz CT molecular complexity index is 1510. The first-order valence-corrected chi connectivity index (χ1v) is 12.7. The molecule has 0 spiro atoms. The number of rotatable bonds is 8. The summed E-state index contributed by atoms with van der Waals surface area (Å²) in [5.41, 5.74) is 5.91. The van der Waals surface area contributed by atoms with Crippen LogP contribution in [0.5, 0.6) is 11.5 Å². The highest BCUT2D eigenvalue weighted by Crippen LogP contribution is 2.29. The van der Waals surface area contributed by atoms with Crippen LogP contribution in [0.2, 0.25) is 0 Å². The van der Waals surface area contributed by atoms with Crippen molar-refractivity contribution in [1.82, 2.24) is 5.32 Å². The van der Waals surface area contributed by atoms with E-state index in [-0.39, 0.29) is 17.4 Å². The third-order valence-electron chi connectivity index (χ3n) is 6.48. The van der Waals surface area contributed by atoms with Crippen molar-refractivity contribution in [3.63, 3.8) is 0 Å². The number of hydrogen-bond donors (Lipinski definition) is 4. The van der Waals surface area contributed by atoms with E-state index >= 15 is 0 Å². The van der Waals surface area contributed by atoms with E-state index in [1.165, 1.54) is 19.8 Å². The van der Waals surface area contributed by atoms with Gasteiger partial charge in [-0.25, -0.2) is 0 Å². The fraction of sp³-hybridized carbons (Fsp3) is 0.156. The van der Waals surface area contributed by atoms with Crippen LogP contribution in [0.15, 0.2) is 84.9 Å². The Morgan fingerprint density at radius 2 is 1.35 bits per heavy atom. The molecule has 0 aliphatic rings. The molecule has 4 N–H and O–H groups in total. The number of carbonyl (C=O) groups is 2. The van der Waals surface area contributed by atoms with Gasteiger partial charge in [-0.05, 0) is 73.4 Å². The van der Waals surface area contributed by atoms with Crippen LogP contribution < -0.4 is 25.4 Å². The topological polar surface area (TPSA) is 113 Å². The van der Waals surface area contributed by atoms with Crippen molar-refractivity contribution in [2.45, 2.75) is 20.3 Å². The Hall–Kier alpha value is -5.11. The maximum atomic E-state index is 12.9. The molecule has 0 saturated heterocycles. The monoisotopic (exact) mass is 536 g/mol. The molecule has 2 amide bonds. The van der Waals surface area contributed by atoms with Crippen molar-refractivity contribution < 1.29 is 19.1 Å². The SMILES string of the molecule is COc1cc(C(=O)NC(=N)Nc2ccc(C)c(NC(=O)c3ccc(Cc4ccccc4)cc3)c2)cc(OC)c1C. The average Bonchev–Trinajstić information content (AvgIpc) is 2.95. The first-order valence-electron chi connectivity index (χ1n) is 12.7. The summed E-state index contributed by atoms with van der Waals surface area (Å²) in [5, 5.41) is 16.6. The van der Waals surface area contributed by atoms with E-state index in [0.29, 0.717) is 28.4 Å². The van der Waals surface area contributed by atoms with Gasteiger partial charge in [-0.3, -0.25) is 20.3 Å². The van der Waals surface area contributed by atoms with E-state index in [0.717, 1.165) is 23.1 Å². The van der Waals surface area contributed by atoms with Crippen molar-refractivity contribution >= 4 is 29.1 Å². The molecule has 4 aromatic rings. The van der Waals surface area contributed by atoms with Gasteiger partial charge >= 0.3 is 0 Å². The fourth-order valence-corrected chi connectivity index (χ4v) is 4.21. The maximum absolute atomic E-state index is 12.9. The molecule has 4 aromatic carbocycles. The number of ether oxygens (including phenoxy) is 2. The second kappa shape index (κ2) is 12.6. The molecule has 0 heterocycles. The van der Waals surface area contributed by atoms with Gasteiger partial charge in [-0.2, -0.15) is 0 Å². The van der Waals surface area contributed by atoms with E-state index in [4.69, 9.17) is 14.9 Å². The van der Waals surface area contributed by atoms with Crippen LogP contribution >= 0.6 is 0 Å². The predicted octanol–water partition coefficient (Wildman–Crippen LogP) is 5.94. The largest absolute Gasteiger partial charge is 0.496 e. The summed E-state index contributed by atoms with van der Waals surface area (Å²) >= 11 is 0. The first kappa shape index (κ1) is 27.9. The number of methoxy groups -OCH3 is 2.